The number of carbonyl (C=O) groups excluding carboxylic acids is 2. The molecule has 0 N–H and O–H groups in total. The Morgan fingerprint density at radius 3 is 2.05 bits per heavy atom. The largest absolute Gasteiger partial charge is 0.299 e. The summed E-state index contributed by atoms with van der Waals surface area (Å²) in [5.41, 5.74) is -4.01. The average molecular weight is 297 g/mol. The zero-order chi connectivity index (χ0) is 16.7. The zero-order valence-corrected chi connectivity index (χ0v) is 11.9. The van der Waals surface area contributed by atoms with E-state index in [0.717, 1.165) is 13.8 Å². The fourth-order valence-electron chi connectivity index (χ4n) is 3.38. The molecule has 0 aromatic heterocycles. The van der Waals surface area contributed by atoms with E-state index in [1.807, 2.05) is 0 Å². The van der Waals surface area contributed by atoms with Gasteiger partial charge in [0.2, 0.25) is 0 Å². The van der Waals surface area contributed by atoms with Crippen molar-refractivity contribution in [2.45, 2.75) is 19.8 Å². The average Bonchev–Trinajstić information content (AvgIpc) is 3.12. The summed E-state index contributed by atoms with van der Waals surface area (Å²) < 4.78 is 0. The monoisotopic (exact) mass is 297 g/mol. The van der Waals surface area contributed by atoms with Gasteiger partial charge in [0.05, 0.1) is 17.1 Å². The highest BCUT2D eigenvalue weighted by Crippen LogP contribution is 2.75. The van der Waals surface area contributed by atoms with Crippen molar-refractivity contribution in [2.75, 3.05) is 0 Å². The molecule has 0 unspecified atom stereocenters. The molecule has 0 amide bonds. The number of Topliss-reactive ketones (excluding diaryl/α,β-unsaturated/α-hetero) is 2. The maximum atomic E-state index is 12.1. The van der Waals surface area contributed by atoms with Gasteiger partial charge in [-0.1, -0.05) is 18.2 Å². The molecule has 0 heterocycles. The highest BCUT2D eigenvalue weighted by molar-refractivity contribution is 6.13. The van der Waals surface area contributed by atoms with Crippen LogP contribution >= 0.6 is 0 Å². The first-order chi connectivity index (χ1) is 10.3. The van der Waals surface area contributed by atoms with Gasteiger partial charge < -0.3 is 0 Å². The standard InChI is InChI=1S/C15H11N3O4/c1-9(19)15(10(2)20)13(14(15,7-16)8-17)11-5-3-4-6-12(11)18(21)22/h3-6,13H,1-2H3/t13-/m1/s1. The molecular formula is C15H11N3O4. The molecular weight excluding hydrogens is 286 g/mol. The number of nitro benzene ring substituents is 1. The van der Waals surface area contributed by atoms with Crippen molar-refractivity contribution in [3.05, 3.63) is 39.9 Å². The topological polar surface area (TPSA) is 125 Å². The molecule has 0 radical (unpaired) electrons. The van der Waals surface area contributed by atoms with Crippen molar-refractivity contribution in [3.8, 4) is 12.1 Å². The van der Waals surface area contributed by atoms with Gasteiger partial charge in [0, 0.05) is 17.5 Å². The number of carbonyl (C=O) groups is 2. The first-order valence-corrected chi connectivity index (χ1v) is 6.39. The van der Waals surface area contributed by atoms with Gasteiger partial charge in [0.1, 0.15) is 17.0 Å². The Morgan fingerprint density at radius 2 is 1.68 bits per heavy atom. The highest BCUT2D eigenvalue weighted by Gasteiger charge is 2.85. The summed E-state index contributed by atoms with van der Waals surface area (Å²) in [6, 6.07) is 9.03. The molecule has 22 heavy (non-hydrogen) atoms. The fraction of sp³-hybridized carbons (Fsp3) is 0.333. The van der Waals surface area contributed by atoms with E-state index in [4.69, 9.17) is 0 Å². The van der Waals surface area contributed by atoms with Crippen molar-refractivity contribution in [1.29, 1.82) is 10.5 Å². The van der Waals surface area contributed by atoms with Crippen LogP contribution in [0.4, 0.5) is 5.69 Å². The maximum Gasteiger partial charge on any atom is 0.273 e. The van der Waals surface area contributed by atoms with Crippen molar-refractivity contribution in [1.82, 2.24) is 0 Å². The molecule has 1 aromatic carbocycles. The lowest BCUT2D eigenvalue weighted by molar-refractivity contribution is -0.385. The quantitative estimate of drug-likeness (QED) is 0.474. The second kappa shape index (κ2) is 4.74. The van der Waals surface area contributed by atoms with Crippen molar-refractivity contribution in [2.24, 2.45) is 10.8 Å². The number of nitro groups is 1. The summed E-state index contributed by atoms with van der Waals surface area (Å²) in [5.74, 6) is -2.40. The number of rotatable bonds is 4. The van der Waals surface area contributed by atoms with Crippen LogP contribution in [0.3, 0.4) is 0 Å². The van der Waals surface area contributed by atoms with Crippen LogP contribution in [0.5, 0.6) is 0 Å². The summed E-state index contributed by atoms with van der Waals surface area (Å²) in [7, 11) is 0. The van der Waals surface area contributed by atoms with Gasteiger partial charge in [-0.25, -0.2) is 0 Å². The molecule has 1 atom stereocenters. The zero-order valence-electron chi connectivity index (χ0n) is 11.9. The lowest BCUT2D eigenvalue weighted by Gasteiger charge is -2.10. The second-order valence-corrected chi connectivity index (χ2v) is 5.20. The second-order valence-electron chi connectivity index (χ2n) is 5.20. The van der Waals surface area contributed by atoms with E-state index >= 15 is 0 Å². The number of nitrogens with zero attached hydrogens (tertiary/aromatic N) is 3. The third-order valence-corrected chi connectivity index (χ3v) is 4.31. The molecule has 1 aliphatic carbocycles. The molecule has 0 spiro atoms. The summed E-state index contributed by atoms with van der Waals surface area (Å²) in [5, 5.41) is 30.0. The van der Waals surface area contributed by atoms with Crippen LogP contribution in [0, 0.1) is 43.6 Å². The van der Waals surface area contributed by atoms with Crippen molar-refractivity contribution < 1.29 is 14.5 Å². The number of hydrogen-bond acceptors (Lipinski definition) is 6. The normalized spacial score (nSPS) is 20.3. The Labute approximate surface area is 125 Å². The van der Waals surface area contributed by atoms with E-state index in [1.54, 1.807) is 12.1 Å². The van der Waals surface area contributed by atoms with Gasteiger partial charge in [0.25, 0.3) is 5.69 Å². The van der Waals surface area contributed by atoms with Crippen LogP contribution < -0.4 is 0 Å². The van der Waals surface area contributed by atoms with Crippen LogP contribution in [-0.4, -0.2) is 16.5 Å². The van der Waals surface area contributed by atoms with Crippen molar-refractivity contribution in [3.63, 3.8) is 0 Å². The molecule has 0 aliphatic heterocycles. The van der Waals surface area contributed by atoms with Gasteiger partial charge in [-0.3, -0.25) is 19.7 Å². The Balaban J connectivity index is 2.79. The first kappa shape index (κ1) is 15.3. The molecule has 1 saturated carbocycles. The Bertz CT molecular complexity index is 757. The molecule has 1 aliphatic rings. The number of hydrogen-bond donors (Lipinski definition) is 0. The summed E-state index contributed by atoms with van der Waals surface area (Å²) in [6.45, 7) is 2.25. The minimum absolute atomic E-state index is 0.0565. The predicted molar refractivity (Wildman–Crippen MR) is 73.3 cm³/mol. The number of para-hydroxylation sites is 1. The third-order valence-electron chi connectivity index (χ3n) is 4.31. The first-order valence-electron chi connectivity index (χ1n) is 6.39. The fourth-order valence-corrected chi connectivity index (χ4v) is 3.38. The van der Waals surface area contributed by atoms with Gasteiger partial charge in [-0.15, -0.1) is 0 Å². The van der Waals surface area contributed by atoms with Crippen LogP contribution in [0.25, 0.3) is 0 Å². The predicted octanol–water partition coefficient (Wildman–Crippen LogP) is 1.89. The van der Waals surface area contributed by atoms with E-state index in [2.05, 4.69) is 0 Å². The molecule has 1 fully saturated rings. The summed E-state index contributed by atoms with van der Waals surface area (Å²) in [6.07, 6.45) is 0. The van der Waals surface area contributed by atoms with Gasteiger partial charge in [-0.05, 0) is 13.8 Å². The highest BCUT2D eigenvalue weighted by atomic mass is 16.6. The Kier molecular flexibility index (Phi) is 3.31. The Hall–Kier alpha value is -3.06. The van der Waals surface area contributed by atoms with E-state index in [-0.39, 0.29) is 11.3 Å². The van der Waals surface area contributed by atoms with Gasteiger partial charge >= 0.3 is 0 Å². The van der Waals surface area contributed by atoms with Crippen LogP contribution in [0.1, 0.15) is 25.3 Å². The summed E-state index contributed by atoms with van der Waals surface area (Å²) in [4.78, 5) is 34.7. The van der Waals surface area contributed by atoms with E-state index in [9.17, 15) is 30.2 Å². The third kappa shape index (κ3) is 1.54. The molecule has 1 aromatic rings. The van der Waals surface area contributed by atoms with Gasteiger partial charge in [-0.2, -0.15) is 10.5 Å². The molecule has 2 rings (SSSR count). The SMILES string of the molecule is CC(=O)C1(C(C)=O)[C@H](c2ccccc2[N+](=O)[O-])C1(C#N)C#N. The number of nitriles is 2. The summed E-state index contributed by atoms with van der Waals surface area (Å²) >= 11 is 0. The van der Waals surface area contributed by atoms with E-state index in [0.29, 0.717) is 0 Å². The van der Waals surface area contributed by atoms with Crippen molar-refractivity contribution >= 4 is 17.3 Å². The lowest BCUT2D eigenvalue weighted by atomic mass is 9.87. The number of ketones is 2. The van der Waals surface area contributed by atoms with E-state index < -0.39 is 33.2 Å². The smallest absolute Gasteiger partial charge is 0.273 e. The molecule has 0 saturated heterocycles. The van der Waals surface area contributed by atoms with Gasteiger partial charge in [0.15, 0.2) is 5.41 Å². The molecule has 0 bridgehead atoms. The van der Waals surface area contributed by atoms with Crippen LogP contribution in [0.15, 0.2) is 24.3 Å². The van der Waals surface area contributed by atoms with Crippen LogP contribution in [-0.2, 0) is 9.59 Å². The Morgan fingerprint density at radius 1 is 1.18 bits per heavy atom. The lowest BCUT2D eigenvalue weighted by Crippen LogP contribution is -2.28. The van der Waals surface area contributed by atoms with E-state index in [1.165, 1.54) is 24.3 Å². The number of benzene rings is 1. The maximum absolute atomic E-state index is 12.1. The molecule has 7 nitrogen and oxygen atoms in total. The van der Waals surface area contributed by atoms with Crippen LogP contribution in [0.2, 0.25) is 0 Å². The minimum atomic E-state index is -1.91. The molecule has 7 heteroatoms. The minimum Gasteiger partial charge on any atom is -0.299 e. The molecule has 110 valence electrons.